The van der Waals surface area contributed by atoms with Crippen LogP contribution in [0.25, 0.3) is 11.2 Å². The zero-order valence-electron chi connectivity index (χ0n) is 23.7. The average Bonchev–Trinajstić information content (AvgIpc) is 3.46. The Morgan fingerprint density at radius 3 is 2.35 bits per heavy atom. The van der Waals surface area contributed by atoms with Crippen LogP contribution < -0.4 is 5.32 Å². The fourth-order valence-corrected chi connectivity index (χ4v) is 4.37. The minimum Gasteiger partial charge on any atom is -0.458 e. The minimum atomic E-state index is -0.683. The largest absolute Gasteiger partial charge is 0.458 e. The van der Waals surface area contributed by atoms with Crippen LogP contribution in [0.1, 0.15) is 58.3 Å². The van der Waals surface area contributed by atoms with Gasteiger partial charge in [0.05, 0.1) is 25.0 Å². The van der Waals surface area contributed by atoms with Gasteiger partial charge in [-0.3, -0.25) is 4.79 Å². The Morgan fingerprint density at radius 1 is 0.975 bits per heavy atom. The Hall–Kier alpha value is -4.06. The Balaban J connectivity index is 1.51. The summed E-state index contributed by atoms with van der Waals surface area (Å²) in [4.78, 5) is 52.6. The topological polar surface area (TPSA) is 138 Å². The summed E-state index contributed by atoms with van der Waals surface area (Å²) >= 11 is 0. The summed E-state index contributed by atoms with van der Waals surface area (Å²) < 4.78 is 18.6. The molecule has 1 N–H and O–H groups in total. The van der Waals surface area contributed by atoms with E-state index in [9.17, 15) is 14.4 Å². The molecule has 40 heavy (non-hydrogen) atoms. The average molecular weight is 553 g/mol. The highest BCUT2D eigenvalue weighted by molar-refractivity contribution is 6.06. The lowest BCUT2D eigenvalue weighted by atomic mass is 10.2. The molecule has 1 fully saturated rings. The molecular weight excluding hydrogens is 516 g/mol. The molecule has 214 valence electrons. The number of imidazole rings is 1. The van der Waals surface area contributed by atoms with E-state index in [2.05, 4.69) is 20.3 Å². The lowest BCUT2D eigenvalue weighted by Gasteiger charge is -2.28. The molecule has 12 heteroatoms. The lowest BCUT2D eigenvalue weighted by molar-refractivity contribution is -0.162. The van der Waals surface area contributed by atoms with Gasteiger partial charge in [0.15, 0.2) is 17.0 Å². The number of nitrogens with zero attached hydrogens (tertiary/aromatic N) is 5. The third kappa shape index (κ3) is 7.53. The first kappa shape index (κ1) is 28.9. The van der Waals surface area contributed by atoms with E-state index in [0.29, 0.717) is 29.7 Å². The first-order chi connectivity index (χ1) is 18.8. The molecule has 2 amide bonds. The molecule has 1 aromatic carbocycles. The maximum absolute atomic E-state index is 13.1. The van der Waals surface area contributed by atoms with Gasteiger partial charge >= 0.3 is 12.1 Å². The molecule has 4 rings (SSSR count). The molecule has 0 bridgehead atoms. The molecule has 1 saturated heterocycles. The summed E-state index contributed by atoms with van der Waals surface area (Å²) in [7, 11) is 0. The van der Waals surface area contributed by atoms with Crippen LogP contribution in [0.4, 0.5) is 10.6 Å². The minimum absolute atomic E-state index is 0.220. The second-order valence-electron chi connectivity index (χ2n) is 11.7. The number of aromatic nitrogens is 4. The van der Waals surface area contributed by atoms with E-state index in [4.69, 9.17) is 14.2 Å². The second kappa shape index (κ2) is 11.6. The number of carbonyl (C=O) groups is 3. The molecule has 1 aliphatic heterocycles. The van der Waals surface area contributed by atoms with Crippen LogP contribution in [0.3, 0.4) is 0 Å². The fourth-order valence-electron chi connectivity index (χ4n) is 4.37. The molecule has 1 aliphatic rings. The molecule has 2 atom stereocenters. The number of carbonyl (C=O) groups excluding carboxylic acids is 3. The number of fused-ring (bicyclic) bond motifs is 1. The number of amides is 2. The number of hydrogen-bond donors (Lipinski definition) is 1. The molecule has 0 aliphatic carbocycles. The predicted octanol–water partition coefficient (Wildman–Crippen LogP) is 3.81. The predicted molar refractivity (Wildman–Crippen MR) is 147 cm³/mol. The normalized spacial score (nSPS) is 17.6. The summed E-state index contributed by atoms with van der Waals surface area (Å²) in [5.74, 6) is -0.499. The molecular formula is C28H36N6O6. The van der Waals surface area contributed by atoms with Crippen molar-refractivity contribution in [2.75, 3.05) is 18.5 Å². The van der Waals surface area contributed by atoms with Gasteiger partial charge in [-0.2, -0.15) is 0 Å². The molecule has 12 nitrogen and oxygen atoms in total. The van der Waals surface area contributed by atoms with E-state index in [-0.39, 0.29) is 30.9 Å². The molecule has 0 spiro atoms. The van der Waals surface area contributed by atoms with Gasteiger partial charge in [0.25, 0.3) is 5.91 Å². The van der Waals surface area contributed by atoms with Gasteiger partial charge in [0.2, 0.25) is 0 Å². The first-order valence-corrected chi connectivity index (χ1v) is 13.1. The summed E-state index contributed by atoms with van der Waals surface area (Å²) in [6, 6.07) is 8.48. The number of esters is 1. The van der Waals surface area contributed by atoms with Crippen molar-refractivity contribution in [1.82, 2.24) is 24.4 Å². The number of anilines is 1. The van der Waals surface area contributed by atoms with Crippen LogP contribution in [0.15, 0.2) is 43.0 Å². The number of likely N-dealkylation sites (tertiary alicyclic amines) is 1. The van der Waals surface area contributed by atoms with Crippen LogP contribution >= 0.6 is 0 Å². The number of benzene rings is 1. The zero-order chi connectivity index (χ0) is 29.1. The Morgan fingerprint density at radius 2 is 1.68 bits per heavy atom. The van der Waals surface area contributed by atoms with Gasteiger partial charge in [0.1, 0.15) is 24.1 Å². The third-order valence-electron chi connectivity index (χ3n) is 5.94. The summed E-state index contributed by atoms with van der Waals surface area (Å²) in [5.41, 5.74) is 0.111. The molecule has 3 heterocycles. The molecule has 0 unspecified atom stereocenters. The van der Waals surface area contributed by atoms with E-state index in [1.807, 2.05) is 6.07 Å². The molecule has 2 aromatic heterocycles. The molecule has 3 aromatic rings. The highest BCUT2D eigenvalue weighted by Gasteiger charge is 2.39. The van der Waals surface area contributed by atoms with Crippen molar-refractivity contribution in [3.8, 4) is 0 Å². The monoisotopic (exact) mass is 552 g/mol. The van der Waals surface area contributed by atoms with E-state index < -0.39 is 29.4 Å². The van der Waals surface area contributed by atoms with Crippen LogP contribution in [0, 0.1) is 0 Å². The van der Waals surface area contributed by atoms with Crippen molar-refractivity contribution in [3.05, 3.63) is 48.5 Å². The van der Waals surface area contributed by atoms with Crippen molar-refractivity contribution in [3.63, 3.8) is 0 Å². The second-order valence-corrected chi connectivity index (χ2v) is 11.7. The SMILES string of the molecule is CC(C)(C)OC(=O)CO[C@H]1C[C@H](Cn2cnc3c(NC(=O)c4ccccc4)ncnc32)N(C(=O)OC(C)(C)C)C1. The quantitative estimate of drug-likeness (QED) is 0.434. The van der Waals surface area contributed by atoms with Crippen LogP contribution in [-0.2, 0) is 25.5 Å². The lowest BCUT2D eigenvalue weighted by Crippen LogP contribution is -2.41. The van der Waals surface area contributed by atoms with Crippen molar-refractivity contribution in [2.45, 2.75) is 77.9 Å². The fraction of sp³-hybridized carbons (Fsp3) is 0.500. The van der Waals surface area contributed by atoms with E-state index >= 15 is 0 Å². The van der Waals surface area contributed by atoms with Gasteiger partial charge in [-0.25, -0.2) is 24.5 Å². The first-order valence-electron chi connectivity index (χ1n) is 13.1. The van der Waals surface area contributed by atoms with Gasteiger partial charge in [-0.15, -0.1) is 0 Å². The van der Waals surface area contributed by atoms with Crippen molar-refractivity contribution >= 4 is 35.0 Å². The molecule has 0 saturated carbocycles. The van der Waals surface area contributed by atoms with Crippen LogP contribution in [-0.4, -0.2) is 78.9 Å². The maximum atomic E-state index is 13.1. The van der Waals surface area contributed by atoms with Crippen LogP contribution in [0.2, 0.25) is 0 Å². The van der Waals surface area contributed by atoms with Gasteiger partial charge < -0.3 is 29.0 Å². The van der Waals surface area contributed by atoms with E-state index in [1.54, 1.807) is 81.6 Å². The maximum Gasteiger partial charge on any atom is 0.410 e. The van der Waals surface area contributed by atoms with Gasteiger partial charge in [-0.05, 0) is 60.1 Å². The number of hydrogen-bond acceptors (Lipinski definition) is 9. The third-order valence-corrected chi connectivity index (χ3v) is 5.94. The summed E-state index contributed by atoms with van der Waals surface area (Å²) in [6.07, 6.45) is 2.55. The molecule has 0 radical (unpaired) electrons. The van der Waals surface area contributed by atoms with Gasteiger partial charge in [0, 0.05) is 12.1 Å². The number of ether oxygens (including phenoxy) is 3. The zero-order valence-corrected chi connectivity index (χ0v) is 23.7. The standard InChI is InChI=1S/C28H36N6O6/c1-27(2,3)39-21(35)15-38-20-12-19(34(14-20)26(37)40-28(4,5)6)13-33-17-31-22-23(29-16-30-24(22)33)32-25(36)18-10-8-7-9-11-18/h7-11,16-17,19-20H,12-15H2,1-6H3,(H,29,30,32,36)/t19-,20+/m1/s1. The number of nitrogens with one attached hydrogen (secondary N) is 1. The Kier molecular flexibility index (Phi) is 8.38. The van der Waals surface area contributed by atoms with Gasteiger partial charge in [-0.1, -0.05) is 18.2 Å². The Bertz CT molecular complexity index is 1360. The van der Waals surface area contributed by atoms with Crippen molar-refractivity contribution in [1.29, 1.82) is 0 Å². The summed E-state index contributed by atoms with van der Waals surface area (Å²) in [6.45, 7) is 11.2. The number of rotatable bonds is 7. The smallest absolute Gasteiger partial charge is 0.410 e. The van der Waals surface area contributed by atoms with Crippen molar-refractivity contribution < 1.29 is 28.6 Å². The summed E-state index contributed by atoms with van der Waals surface area (Å²) in [5, 5.41) is 2.80. The van der Waals surface area contributed by atoms with Crippen molar-refractivity contribution in [2.24, 2.45) is 0 Å². The van der Waals surface area contributed by atoms with E-state index in [0.717, 1.165) is 0 Å². The van der Waals surface area contributed by atoms with E-state index in [1.165, 1.54) is 6.33 Å². The highest BCUT2D eigenvalue weighted by atomic mass is 16.6. The van der Waals surface area contributed by atoms with Crippen LogP contribution in [0.5, 0.6) is 0 Å². The highest BCUT2D eigenvalue weighted by Crippen LogP contribution is 2.27. The Labute approximate surface area is 233 Å².